The number of nitrogens with one attached hydrogen (secondary N) is 2. The first-order valence-corrected chi connectivity index (χ1v) is 5.83. The molecule has 0 amide bonds. The number of hydrogen-bond acceptors (Lipinski definition) is 5. The van der Waals surface area contributed by atoms with Crippen LogP contribution in [0.5, 0.6) is 0 Å². The Bertz CT molecular complexity index is 376. The van der Waals surface area contributed by atoms with Crippen LogP contribution in [0.3, 0.4) is 0 Å². The van der Waals surface area contributed by atoms with Gasteiger partial charge in [-0.2, -0.15) is 0 Å². The van der Waals surface area contributed by atoms with Crippen molar-refractivity contribution in [2.24, 2.45) is 5.84 Å². The Morgan fingerprint density at radius 2 is 2.00 bits per heavy atom. The van der Waals surface area contributed by atoms with Crippen molar-refractivity contribution < 1.29 is 13.5 Å². The lowest BCUT2D eigenvalue weighted by Gasteiger charge is -2.09. The van der Waals surface area contributed by atoms with Crippen LogP contribution < -0.4 is 16.6 Å². The van der Waals surface area contributed by atoms with Crippen LogP contribution in [0.1, 0.15) is 19.8 Å². The van der Waals surface area contributed by atoms with Crippen LogP contribution in [0.25, 0.3) is 0 Å². The smallest absolute Gasteiger partial charge is 0.178 e. The van der Waals surface area contributed by atoms with E-state index in [4.69, 9.17) is 10.6 Å². The van der Waals surface area contributed by atoms with Crippen LogP contribution in [0.15, 0.2) is 6.07 Å². The van der Waals surface area contributed by atoms with E-state index in [9.17, 15) is 8.78 Å². The van der Waals surface area contributed by atoms with Crippen molar-refractivity contribution in [2.45, 2.75) is 19.8 Å². The van der Waals surface area contributed by atoms with Crippen LogP contribution in [-0.2, 0) is 4.74 Å². The number of rotatable bonds is 8. The maximum Gasteiger partial charge on any atom is 0.178 e. The van der Waals surface area contributed by atoms with E-state index < -0.39 is 11.6 Å². The molecule has 18 heavy (non-hydrogen) atoms. The van der Waals surface area contributed by atoms with Gasteiger partial charge in [0.15, 0.2) is 23.3 Å². The highest BCUT2D eigenvalue weighted by atomic mass is 19.1. The van der Waals surface area contributed by atoms with Gasteiger partial charge in [0, 0.05) is 25.8 Å². The Hall–Kier alpha value is -1.47. The van der Waals surface area contributed by atoms with Crippen molar-refractivity contribution in [2.75, 3.05) is 30.5 Å². The summed E-state index contributed by atoms with van der Waals surface area (Å²) in [6, 6.07) is 0.734. The minimum absolute atomic E-state index is 0.0279. The number of nitrogens with two attached hydrogens (primary N) is 1. The molecule has 0 aliphatic heterocycles. The van der Waals surface area contributed by atoms with Crippen LogP contribution >= 0.6 is 0 Å². The first kappa shape index (κ1) is 14.6. The van der Waals surface area contributed by atoms with Crippen molar-refractivity contribution >= 4 is 11.6 Å². The number of halogens is 2. The molecule has 0 saturated carbocycles. The van der Waals surface area contributed by atoms with E-state index in [0.717, 1.165) is 12.5 Å². The highest BCUT2D eigenvalue weighted by Crippen LogP contribution is 2.17. The largest absolute Gasteiger partial charge is 0.381 e. The summed E-state index contributed by atoms with van der Waals surface area (Å²) in [5.41, 5.74) is 2.06. The summed E-state index contributed by atoms with van der Waals surface area (Å²) in [6.07, 6.45) is 1.68. The number of hydrogen-bond donors (Lipinski definition) is 3. The maximum absolute atomic E-state index is 13.3. The maximum atomic E-state index is 13.3. The van der Waals surface area contributed by atoms with Crippen molar-refractivity contribution in [3.8, 4) is 0 Å². The molecule has 0 fully saturated rings. The van der Waals surface area contributed by atoms with Gasteiger partial charge >= 0.3 is 0 Å². The lowest BCUT2D eigenvalue weighted by atomic mass is 10.3. The molecule has 0 atom stereocenters. The van der Waals surface area contributed by atoms with Crippen molar-refractivity contribution in [1.29, 1.82) is 0 Å². The van der Waals surface area contributed by atoms with Crippen LogP contribution in [0, 0.1) is 11.6 Å². The third-order valence-electron chi connectivity index (χ3n) is 2.17. The van der Waals surface area contributed by atoms with E-state index in [0.29, 0.717) is 26.2 Å². The number of ether oxygens (including phenoxy) is 1. The fourth-order valence-electron chi connectivity index (χ4n) is 1.32. The predicted molar refractivity (Wildman–Crippen MR) is 66.2 cm³/mol. The number of nitrogens with zero attached hydrogens (tertiary/aromatic N) is 1. The lowest BCUT2D eigenvalue weighted by molar-refractivity contribution is 0.134. The Kier molecular flexibility index (Phi) is 6.31. The Morgan fingerprint density at radius 3 is 2.67 bits per heavy atom. The monoisotopic (exact) mass is 260 g/mol. The topological polar surface area (TPSA) is 72.2 Å². The molecule has 1 rings (SSSR count). The molecule has 0 spiro atoms. The Morgan fingerprint density at radius 1 is 1.28 bits per heavy atom. The average Bonchev–Trinajstić information content (AvgIpc) is 2.36. The summed E-state index contributed by atoms with van der Waals surface area (Å²) in [5.74, 6) is 3.26. The van der Waals surface area contributed by atoms with Gasteiger partial charge in [0.05, 0.1) is 0 Å². The zero-order valence-corrected chi connectivity index (χ0v) is 10.3. The molecule has 0 unspecified atom stereocenters. The van der Waals surface area contributed by atoms with Crippen LogP contribution in [0.4, 0.5) is 20.4 Å². The molecule has 0 aliphatic rings. The molecular weight excluding hydrogens is 242 g/mol. The van der Waals surface area contributed by atoms with E-state index in [1.54, 1.807) is 0 Å². The van der Waals surface area contributed by atoms with E-state index in [1.807, 2.05) is 6.92 Å². The molecule has 0 saturated heterocycles. The zero-order chi connectivity index (χ0) is 13.4. The number of hydrazine groups is 1. The first-order valence-electron chi connectivity index (χ1n) is 5.83. The highest BCUT2D eigenvalue weighted by molar-refractivity contribution is 5.46. The van der Waals surface area contributed by atoms with Gasteiger partial charge in [0.1, 0.15) is 0 Å². The quantitative estimate of drug-likeness (QED) is 0.378. The average molecular weight is 260 g/mol. The van der Waals surface area contributed by atoms with Crippen LogP contribution in [-0.4, -0.2) is 24.7 Å². The third kappa shape index (κ3) is 4.42. The number of aromatic nitrogens is 1. The van der Waals surface area contributed by atoms with Gasteiger partial charge in [-0.1, -0.05) is 6.92 Å². The molecule has 0 aliphatic carbocycles. The first-order chi connectivity index (χ1) is 8.69. The van der Waals surface area contributed by atoms with Gasteiger partial charge in [-0.05, 0) is 12.8 Å². The molecule has 5 nitrogen and oxygen atoms in total. The zero-order valence-electron chi connectivity index (χ0n) is 10.3. The van der Waals surface area contributed by atoms with E-state index in [2.05, 4.69) is 15.7 Å². The van der Waals surface area contributed by atoms with Gasteiger partial charge in [0.25, 0.3) is 0 Å². The fourth-order valence-corrected chi connectivity index (χ4v) is 1.32. The van der Waals surface area contributed by atoms with Gasteiger partial charge < -0.3 is 15.5 Å². The second-order valence-corrected chi connectivity index (χ2v) is 3.69. The van der Waals surface area contributed by atoms with Crippen LogP contribution in [0.2, 0.25) is 0 Å². The molecule has 7 heteroatoms. The normalized spacial score (nSPS) is 10.4. The summed E-state index contributed by atoms with van der Waals surface area (Å²) in [6.45, 7) is 3.82. The van der Waals surface area contributed by atoms with E-state index >= 15 is 0 Å². The second-order valence-electron chi connectivity index (χ2n) is 3.69. The predicted octanol–water partition coefficient (Wildman–Crippen LogP) is 1.87. The minimum Gasteiger partial charge on any atom is -0.381 e. The summed E-state index contributed by atoms with van der Waals surface area (Å²) >= 11 is 0. The van der Waals surface area contributed by atoms with Gasteiger partial charge in [-0.25, -0.2) is 19.6 Å². The van der Waals surface area contributed by atoms with Crippen molar-refractivity contribution in [3.63, 3.8) is 0 Å². The van der Waals surface area contributed by atoms with Gasteiger partial charge in [-0.15, -0.1) is 0 Å². The third-order valence-corrected chi connectivity index (χ3v) is 2.17. The highest BCUT2D eigenvalue weighted by Gasteiger charge is 2.10. The summed E-state index contributed by atoms with van der Waals surface area (Å²) in [5, 5.41) is 2.76. The standard InChI is InChI=1S/C11H18F2N4O/c1-2-5-18-6-3-4-15-10-8(12)7-9(13)11(16-10)17-14/h7H,2-6,14H2,1H3,(H2,15,16,17). The molecule has 1 aromatic rings. The van der Waals surface area contributed by atoms with E-state index in [-0.39, 0.29) is 11.6 Å². The molecule has 0 radical (unpaired) electrons. The number of nitrogen functional groups attached to an aromatic ring is 1. The molecule has 1 heterocycles. The van der Waals surface area contributed by atoms with E-state index in [1.165, 1.54) is 0 Å². The minimum atomic E-state index is -0.827. The SMILES string of the molecule is CCCOCCCNc1nc(NN)c(F)cc1F. The molecule has 4 N–H and O–H groups in total. The van der Waals surface area contributed by atoms with Gasteiger partial charge in [-0.3, -0.25) is 0 Å². The molecule has 0 bridgehead atoms. The number of anilines is 2. The van der Waals surface area contributed by atoms with Crippen molar-refractivity contribution in [1.82, 2.24) is 4.98 Å². The Labute approximate surface area is 105 Å². The number of pyridine rings is 1. The fraction of sp³-hybridized carbons (Fsp3) is 0.545. The molecular formula is C11H18F2N4O. The molecule has 102 valence electrons. The summed E-state index contributed by atoms with van der Waals surface area (Å²) in [7, 11) is 0. The molecule has 0 aromatic carbocycles. The van der Waals surface area contributed by atoms with Gasteiger partial charge in [0.2, 0.25) is 0 Å². The molecule has 1 aromatic heterocycles. The lowest BCUT2D eigenvalue weighted by Crippen LogP contribution is -2.14. The Balaban J connectivity index is 2.42. The second kappa shape index (κ2) is 7.78. The summed E-state index contributed by atoms with van der Waals surface area (Å²) < 4.78 is 31.7. The van der Waals surface area contributed by atoms with Crippen molar-refractivity contribution in [3.05, 3.63) is 17.7 Å². The summed E-state index contributed by atoms with van der Waals surface area (Å²) in [4.78, 5) is 3.69.